The molecule has 10 heteroatoms. The largest absolute Gasteiger partial charge is 0.464 e. The number of nitrogens with one attached hydrogen (secondary N) is 2. The van der Waals surface area contributed by atoms with Crippen LogP contribution in [0.15, 0.2) is 5.38 Å². The fourth-order valence-electron chi connectivity index (χ4n) is 2.90. The standard InChI is InChI=1S/C20H34N4O5S.C4H10.C2H6/c1-6-7-8-21-10-17(26)22-11-18(27)24(4)15(13(2)3)9-16(25)19-23-14(12-30-19)20(28)29-5;1-3-4-2;1-2/h12-13,15-16,21,25H,6-11H2,1-5H3,(H,22,26);3-4H2,1-2H3;1-2H3. The first-order chi connectivity index (χ1) is 17.1. The SMILES string of the molecule is CC.CCCC.CCCCNCC(=O)NCC(=O)N(C)C(CC(O)c1nc(C(=O)OC)cs1)C(C)C. The Hall–Kier alpha value is -2.04. The summed E-state index contributed by atoms with van der Waals surface area (Å²) in [4.78, 5) is 41.6. The fraction of sp³-hybridized carbons (Fsp3) is 0.769. The zero-order chi connectivity index (χ0) is 28.1. The number of thiazole rings is 1. The summed E-state index contributed by atoms with van der Waals surface area (Å²) in [6, 6.07) is -0.266. The van der Waals surface area contributed by atoms with Gasteiger partial charge in [-0.3, -0.25) is 9.59 Å². The van der Waals surface area contributed by atoms with Gasteiger partial charge in [-0.15, -0.1) is 11.3 Å². The molecule has 1 aromatic heterocycles. The molecule has 36 heavy (non-hydrogen) atoms. The lowest BCUT2D eigenvalue weighted by atomic mass is 9.96. The summed E-state index contributed by atoms with van der Waals surface area (Å²) in [5.74, 6) is -0.957. The van der Waals surface area contributed by atoms with Crippen LogP contribution in [0.1, 0.15) is 102 Å². The Morgan fingerprint density at radius 2 is 1.72 bits per heavy atom. The van der Waals surface area contributed by atoms with Crippen molar-refractivity contribution >= 4 is 29.1 Å². The number of likely N-dealkylation sites (N-methyl/N-ethyl adjacent to an activating group) is 1. The van der Waals surface area contributed by atoms with Crippen molar-refractivity contribution in [1.82, 2.24) is 20.5 Å². The molecular formula is C26H50N4O5S. The minimum absolute atomic E-state index is 0.0695. The smallest absolute Gasteiger partial charge is 0.357 e. The summed E-state index contributed by atoms with van der Waals surface area (Å²) in [5.41, 5.74) is 0.150. The van der Waals surface area contributed by atoms with Crippen molar-refractivity contribution in [2.24, 2.45) is 5.92 Å². The van der Waals surface area contributed by atoms with Gasteiger partial charge in [-0.1, -0.05) is 67.7 Å². The van der Waals surface area contributed by atoms with Crippen LogP contribution in [0.5, 0.6) is 0 Å². The highest BCUT2D eigenvalue weighted by Gasteiger charge is 2.28. The molecule has 3 N–H and O–H groups in total. The first kappa shape index (κ1) is 36.1. The first-order valence-electron chi connectivity index (χ1n) is 13.1. The maximum absolute atomic E-state index is 12.6. The van der Waals surface area contributed by atoms with E-state index in [1.807, 2.05) is 27.7 Å². The van der Waals surface area contributed by atoms with E-state index in [4.69, 9.17) is 0 Å². The van der Waals surface area contributed by atoms with E-state index in [9.17, 15) is 19.5 Å². The van der Waals surface area contributed by atoms with E-state index >= 15 is 0 Å². The summed E-state index contributed by atoms with van der Waals surface area (Å²) in [6.45, 7) is 15.2. The van der Waals surface area contributed by atoms with Gasteiger partial charge >= 0.3 is 5.97 Å². The topological polar surface area (TPSA) is 121 Å². The molecule has 2 amide bonds. The molecule has 0 fully saturated rings. The summed E-state index contributed by atoms with van der Waals surface area (Å²) in [5, 5.41) is 18.2. The minimum Gasteiger partial charge on any atom is -0.464 e. The summed E-state index contributed by atoms with van der Waals surface area (Å²) >= 11 is 1.17. The molecule has 0 saturated heterocycles. The minimum atomic E-state index is -0.923. The van der Waals surface area contributed by atoms with Crippen molar-refractivity contribution in [2.75, 3.05) is 33.8 Å². The Bertz CT molecular complexity index is 725. The maximum Gasteiger partial charge on any atom is 0.357 e. The van der Waals surface area contributed by atoms with Crippen molar-refractivity contribution in [2.45, 2.75) is 92.7 Å². The second kappa shape index (κ2) is 22.2. The summed E-state index contributed by atoms with van der Waals surface area (Å²) < 4.78 is 4.63. The van der Waals surface area contributed by atoms with Crippen molar-refractivity contribution < 1.29 is 24.2 Å². The van der Waals surface area contributed by atoms with Gasteiger partial charge in [0.1, 0.15) is 11.1 Å². The van der Waals surface area contributed by atoms with E-state index < -0.39 is 12.1 Å². The average Bonchev–Trinajstić information content (AvgIpc) is 3.39. The number of esters is 1. The molecule has 0 aliphatic rings. The van der Waals surface area contributed by atoms with Crippen LogP contribution < -0.4 is 10.6 Å². The van der Waals surface area contributed by atoms with Crippen LogP contribution in [-0.4, -0.2) is 72.6 Å². The Balaban J connectivity index is 0. The molecule has 2 unspecified atom stereocenters. The lowest BCUT2D eigenvalue weighted by molar-refractivity contribution is -0.134. The van der Waals surface area contributed by atoms with Gasteiger partial charge in [-0.25, -0.2) is 9.78 Å². The third kappa shape index (κ3) is 15.2. The number of methoxy groups -OCH3 is 1. The van der Waals surface area contributed by atoms with Gasteiger partial charge < -0.3 is 25.4 Å². The van der Waals surface area contributed by atoms with Crippen molar-refractivity contribution in [3.63, 3.8) is 0 Å². The highest BCUT2D eigenvalue weighted by molar-refractivity contribution is 7.09. The molecule has 0 radical (unpaired) electrons. The number of carbonyl (C=O) groups excluding carboxylic acids is 3. The van der Waals surface area contributed by atoms with E-state index in [1.54, 1.807) is 11.9 Å². The summed E-state index contributed by atoms with van der Waals surface area (Å²) in [7, 11) is 2.93. The Morgan fingerprint density at radius 3 is 2.22 bits per heavy atom. The number of aliphatic hydroxyl groups excluding tert-OH is 1. The molecule has 210 valence electrons. The molecular weight excluding hydrogens is 480 g/mol. The van der Waals surface area contributed by atoms with Crippen LogP contribution in [0.2, 0.25) is 0 Å². The summed E-state index contributed by atoms with van der Waals surface area (Å²) in [6.07, 6.45) is 4.02. The maximum atomic E-state index is 12.6. The van der Waals surface area contributed by atoms with Gasteiger partial charge in [-0.2, -0.15) is 0 Å². The molecule has 1 aromatic rings. The molecule has 0 aliphatic heterocycles. The molecule has 1 rings (SSSR count). The number of hydrogen-bond donors (Lipinski definition) is 3. The van der Waals surface area contributed by atoms with Gasteiger partial charge in [0.25, 0.3) is 0 Å². The van der Waals surface area contributed by atoms with Crippen LogP contribution in [0.25, 0.3) is 0 Å². The highest BCUT2D eigenvalue weighted by atomic mass is 32.1. The number of hydrogen-bond acceptors (Lipinski definition) is 8. The highest BCUT2D eigenvalue weighted by Crippen LogP contribution is 2.27. The monoisotopic (exact) mass is 530 g/mol. The third-order valence-electron chi connectivity index (χ3n) is 5.26. The number of aromatic nitrogens is 1. The van der Waals surface area contributed by atoms with Gasteiger partial charge in [0.2, 0.25) is 11.8 Å². The van der Waals surface area contributed by atoms with E-state index in [2.05, 4.69) is 41.1 Å². The van der Waals surface area contributed by atoms with Crippen LogP contribution >= 0.6 is 11.3 Å². The molecule has 0 saturated carbocycles. The number of nitrogens with zero attached hydrogens (tertiary/aromatic N) is 2. The van der Waals surface area contributed by atoms with Crippen molar-refractivity contribution in [1.29, 1.82) is 0 Å². The molecule has 0 aromatic carbocycles. The zero-order valence-corrected chi connectivity index (χ0v) is 24.7. The van der Waals surface area contributed by atoms with Crippen LogP contribution in [-0.2, 0) is 14.3 Å². The lowest BCUT2D eigenvalue weighted by Crippen LogP contribution is -2.47. The predicted octanol–water partition coefficient (Wildman–Crippen LogP) is 4.17. The molecule has 2 atom stereocenters. The predicted molar refractivity (Wildman–Crippen MR) is 147 cm³/mol. The van der Waals surface area contributed by atoms with Gasteiger partial charge in [0, 0.05) is 24.9 Å². The number of ether oxygens (including phenoxy) is 1. The van der Waals surface area contributed by atoms with Crippen LogP contribution in [0.3, 0.4) is 0 Å². The van der Waals surface area contributed by atoms with Crippen molar-refractivity contribution in [3.8, 4) is 0 Å². The molecule has 9 nitrogen and oxygen atoms in total. The van der Waals surface area contributed by atoms with Gasteiger partial charge in [0.05, 0.1) is 20.2 Å². The fourth-order valence-corrected chi connectivity index (χ4v) is 3.68. The van der Waals surface area contributed by atoms with Crippen LogP contribution in [0, 0.1) is 5.92 Å². The molecule has 0 aliphatic carbocycles. The number of rotatable bonds is 14. The zero-order valence-electron chi connectivity index (χ0n) is 23.8. The van der Waals surface area contributed by atoms with E-state index in [0.717, 1.165) is 19.4 Å². The number of amides is 2. The second-order valence-corrected chi connectivity index (χ2v) is 9.33. The average molecular weight is 531 g/mol. The second-order valence-electron chi connectivity index (χ2n) is 8.44. The quantitative estimate of drug-likeness (QED) is 0.244. The first-order valence-corrected chi connectivity index (χ1v) is 13.9. The number of carbonyl (C=O) groups is 3. The van der Waals surface area contributed by atoms with E-state index in [1.165, 1.54) is 36.7 Å². The normalized spacial score (nSPS) is 11.9. The molecule has 0 bridgehead atoms. The Morgan fingerprint density at radius 1 is 1.11 bits per heavy atom. The van der Waals surface area contributed by atoms with E-state index in [-0.39, 0.29) is 49.0 Å². The van der Waals surface area contributed by atoms with E-state index in [0.29, 0.717) is 5.01 Å². The lowest BCUT2D eigenvalue weighted by Gasteiger charge is -2.32. The van der Waals surface area contributed by atoms with Gasteiger partial charge in [0.15, 0.2) is 5.69 Å². The molecule has 0 spiro atoms. The molecule has 1 heterocycles. The Labute approximate surface area is 222 Å². The number of unbranched alkanes of at least 4 members (excludes halogenated alkanes) is 2. The van der Waals surface area contributed by atoms with Crippen LogP contribution in [0.4, 0.5) is 0 Å². The number of aliphatic hydroxyl groups is 1. The van der Waals surface area contributed by atoms with Gasteiger partial charge in [-0.05, 0) is 18.9 Å². The third-order valence-corrected chi connectivity index (χ3v) is 6.20. The Kier molecular flexibility index (Phi) is 22.3. The van der Waals surface area contributed by atoms with Crippen molar-refractivity contribution in [3.05, 3.63) is 16.1 Å².